The van der Waals surface area contributed by atoms with E-state index < -0.39 is 23.6 Å². The lowest BCUT2D eigenvalue weighted by atomic mass is 9.91. The van der Waals surface area contributed by atoms with E-state index in [4.69, 9.17) is 0 Å². The molecule has 2 aromatic rings. The quantitative estimate of drug-likeness (QED) is 0.847. The number of aryl methyl sites for hydroxylation is 1. The normalized spacial score (nSPS) is 22.1. The molecule has 1 aromatic carbocycles. The van der Waals surface area contributed by atoms with Gasteiger partial charge < -0.3 is 15.2 Å². The molecule has 1 aromatic heterocycles. The van der Waals surface area contributed by atoms with Crippen molar-refractivity contribution in [1.29, 1.82) is 0 Å². The number of rotatable bonds is 3. The van der Waals surface area contributed by atoms with Crippen molar-refractivity contribution in [2.75, 3.05) is 6.54 Å². The van der Waals surface area contributed by atoms with Crippen LogP contribution in [-0.2, 0) is 17.8 Å². The summed E-state index contributed by atoms with van der Waals surface area (Å²) in [6.07, 6.45) is 5.19. The second kappa shape index (κ2) is 7.69. The van der Waals surface area contributed by atoms with Gasteiger partial charge in [-0.25, -0.2) is 13.8 Å². The fraction of sp³-hybridized carbons (Fsp3) is 0.450. The number of hydrogen-bond acceptors (Lipinski definition) is 3. The fourth-order valence-corrected chi connectivity index (χ4v) is 3.94. The fourth-order valence-electron chi connectivity index (χ4n) is 3.94. The molecular formula is C20H22F2N4O2. The van der Waals surface area contributed by atoms with E-state index in [2.05, 4.69) is 15.6 Å². The highest BCUT2D eigenvalue weighted by Crippen LogP contribution is 2.31. The van der Waals surface area contributed by atoms with Crippen LogP contribution in [0.5, 0.6) is 0 Å². The Labute approximate surface area is 161 Å². The minimum atomic E-state index is -0.553. The zero-order chi connectivity index (χ0) is 19.7. The summed E-state index contributed by atoms with van der Waals surface area (Å²) in [4.78, 5) is 29.0. The molecule has 1 fully saturated rings. The molecule has 148 valence electrons. The Bertz CT molecular complexity index is 912. The lowest BCUT2D eigenvalue weighted by Gasteiger charge is -2.24. The summed E-state index contributed by atoms with van der Waals surface area (Å²) < 4.78 is 29.4. The number of carbonyl (C=O) groups excluding carboxylic acids is 2. The van der Waals surface area contributed by atoms with Crippen molar-refractivity contribution < 1.29 is 18.4 Å². The monoisotopic (exact) mass is 388 g/mol. The summed E-state index contributed by atoms with van der Waals surface area (Å²) in [5, 5.41) is 5.55. The number of carbonyl (C=O) groups is 2. The lowest BCUT2D eigenvalue weighted by molar-refractivity contribution is -0.122. The summed E-state index contributed by atoms with van der Waals surface area (Å²) in [5.41, 5.74) is 0.591. The predicted molar refractivity (Wildman–Crippen MR) is 97.8 cm³/mol. The third kappa shape index (κ3) is 3.76. The Hall–Kier alpha value is -2.77. The molecule has 3 heterocycles. The Balaban J connectivity index is 1.48. The summed E-state index contributed by atoms with van der Waals surface area (Å²) in [7, 11) is 0. The van der Waals surface area contributed by atoms with Crippen LogP contribution in [0, 0.1) is 11.6 Å². The standard InChI is InChI=1S/C20H22F2N4O2/c21-13-5-6-15(22)14(9-13)12-4-7-18-24-17(11-26(18)10-12)20(28)25-16-3-1-2-8-23-19(16)27/h5-6,9,11-12,16H,1-4,7-8,10H2,(H,23,27)(H,25,28). The van der Waals surface area contributed by atoms with Crippen LogP contribution < -0.4 is 10.6 Å². The van der Waals surface area contributed by atoms with Crippen LogP contribution in [0.3, 0.4) is 0 Å². The highest BCUT2D eigenvalue weighted by atomic mass is 19.1. The summed E-state index contributed by atoms with van der Waals surface area (Å²) in [6, 6.07) is 2.93. The molecule has 0 radical (unpaired) electrons. The topological polar surface area (TPSA) is 76.0 Å². The highest BCUT2D eigenvalue weighted by molar-refractivity contribution is 5.96. The maximum Gasteiger partial charge on any atom is 0.272 e. The zero-order valence-electron chi connectivity index (χ0n) is 15.4. The van der Waals surface area contributed by atoms with E-state index in [0.29, 0.717) is 37.9 Å². The minimum Gasteiger partial charge on any atom is -0.354 e. The van der Waals surface area contributed by atoms with Crippen molar-refractivity contribution in [2.24, 2.45) is 0 Å². The van der Waals surface area contributed by atoms with Crippen LogP contribution in [0.15, 0.2) is 24.4 Å². The molecule has 1 saturated heterocycles. The molecule has 28 heavy (non-hydrogen) atoms. The van der Waals surface area contributed by atoms with Crippen LogP contribution in [0.1, 0.15) is 53.5 Å². The number of benzene rings is 1. The van der Waals surface area contributed by atoms with Gasteiger partial charge in [0, 0.05) is 31.6 Å². The van der Waals surface area contributed by atoms with Crippen LogP contribution in [0.2, 0.25) is 0 Å². The predicted octanol–water partition coefficient (Wildman–Crippen LogP) is 2.29. The third-order valence-corrected chi connectivity index (χ3v) is 5.46. The average molecular weight is 388 g/mol. The Morgan fingerprint density at radius 2 is 2.11 bits per heavy atom. The van der Waals surface area contributed by atoms with Gasteiger partial charge in [-0.3, -0.25) is 9.59 Å². The SMILES string of the molecule is O=C(NC1CCCCNC1=O)c1cn2c(n1)CCC(c1cc(F)ccc1F)C2. The molecule has 2 amide bonds. The van der Waals surface area contributed by atoms with Crippen LogP contribution in [0.25, 0.3) is 0 Å². The van der Waals surface area contributed by atoms with Gasteiger partial charge in [-0.2, -0.15) is 0 Å². The Morgan fingerprint density at radius 1 is 1.25 bits per heavy atom. The number of amides is 2. The van der Waals surface area contributed by atoms with E-state index in [1.165, 1.54) is 6.07 Å². The number of halogens is 2. The molecule has 8 heteroatoms. The summed E-state index contributed by atoms with van der Waals surface area (Å²) >= 11 is 0. The van der Waals surface area contributed by atoms with Gasteiger partial charge in [0.05, 0.1) is 0 Å². The molecular weight excluding hydrogens is 366 g/mol. The number of fused-ring (bicyclic) bond motifs is 1. The summed E-state index contributed by atoms with van der Waals surface area (Å²) in [6.45, 7) is 1.06. The molecule has 0 spiro atoms. The number of nitrogens with one attached hydrogen (secondary N) is 2. The van der Waals surface area contributed by atoms with Gasteiger partial charge in [0.1, 0.15) is 29.2 Å². The van der Waals surface area contributed by atoms with Crippen molar-refractivity contribution in [3.8, 4) is 0 Å². The molecule has 2 unspecified atom stereocenters. The van der Waals surface area contributed by atoms with E-state index in [1.807, 2.05) is 4.57 Å². The molecule has 2 atom stereocenters. The Morgan fingerprint density at radius 3 is 2.96 bits per heavy atom. The number of hydrogen-bond donors (Lipinski definition) is 2. The van der Waals surface area contributed by atoms with Crippen LogP contribution in [0.4, 0.5) is 8.78 Å². The van der Waals surface area contributed by atoms with Crippen molar-refractivity contribution in [1.82, 2.24) is 20.2 Å². The second-order valence-corrected chi connectivity index (χ2v) is 7.41. The molecule has 6 nitrogen and oxygen atoms in total. The molecule has 4 rings (SSSR count). The van der Waals surface area contributed by atoms with E-state index >= 15 is 0 Å². The maximum absolute atomic E-state index is 14.1. The number of imidazole rings is 1. The molecule has 0 saturated carbocycles. The van der Waals surface area contributed by atoms with Crippen molar-refractivity contribution >= 4 is 11.8 Å². The van der Waals surface area contributed by atoms with Crippen LogP contribution in [-0.4, -0.2) is 34.0 Å². The molecule has 0 aliphatic carbocycles. The first-order valence-electron chi connectivity index (χ1n) is 9.61. The van der Waals surface area contributed by atoms with Crippen LogP contribution >= 0.6 is 0 Å². The van der Waals surface area contributed by atoms with Gasteiger partial charge in [0.25, 0.3) is 5.91 Å². The van der Waals surface area contributed by atoms with Gasteiger partial charge in [-0.05, 0) is 49.4 Å². The Kier molecular flexibility index (Phi) is 5.11. The second-order valence-electron chi connectivity index (χ2n) is 7.41. The first kappa shape index (κ1) is 18.6. The molecule has 0 bridgehead atoms. The van der Waals surface area contributed by atoms with E-state index in [9.17, 15) is 18.4 Å². The third-order valence-electron chi connectivity index (χ3n) is 5.46. The van der Waals surface area contributed by atoms with Gasteiger partial charge in [0.2, 0.25) is 5.91 Å². The van der Waals surface area contributed by atoms with Crippen molar-refractivity contribution in [2.45, 2.75) is 50.6 Å². The van der Waals surface area contributed by atoms with Gasteiger partial charge in [-0.1, -0.05) is 0 Å². The zero-order valence-corrected chi connectivity index (χ0v) is 15.4. The van der Waals surface area contributed by atoms with E-state index in [0.717, 1.165) is 30.8 Å². The number of aromatic nitrogens is 2. The highest BCUT2D eigenvalue weighted by Gasteiger charge is 2.27. The lowest BCUT2D eigenvalue weighted by Crippen LogP contribution is -2.45. The first-order chi connectivity index (χ1) is 13.5. The van der Waals surface area contributed by atoms with Gasteiger partial charge in [0.15, 0.2) is 0 Å². The van der Waals surface area contributed by atoms with E-state index in [-0.39, 0.29) is 17.5 Å². The van der Waals surface area contributed by atoms with Crippen molar-refractivity contribution in [3.63, 3.8) is 0 Å². The smallest absolute Gasteiger partial charge is 0.272 e. The van der Waals surface area contributed by atoms with Gasteiger partial charge >= 0.3 is 0 Å². The largest absolute Gasteiger partial charge is 0.354 e. The number of nitrogens with zero attached hydrogens (tertiary/aromatic N) is 2. The van der Waals surface area contributed by atoms with Gasteiger partial charge in [-0.15, -0.1) is 0 Å². The maximum atomic E-state index is 14.1. The summed E-state index contributed by atoms with van der Waals surface area (Å²) in [5.74, 6) is -0.889. The molecule has 2 N–H and O–H groups in total. The molecule has 2 aliphatic rings. The molecule has 2 aliphatic heterocycles. The van der Waals surface area contributed by atoms with Crippen molar-refractivity contribution in [3.05, 3.63) is 53.1 Å². The minimum absolute atomic E-state index is 0.170. The first-order valence-corrected chi connectivity index (χ1v) is 9.61. The van der Waals surface area contributed by atoms with E-state index in [1.54, 1.807) is 6.20 Å². The average Bonchev–Trinajstić information content (AvgIpc) is 3.01.